The fourth-order valence-corrected chi connectivity index (χ4v) is 4.45. The van der Waals surface area contributed by atoms with Crippen LogP contribution in [-0.2, 0) is 26.4 Å². The number of halogens is 1. The van der Waals surface area contributed by atoms with Gasteiger partial charge in [0.2, 0.25) is 0 Å². The molecule has 0 aliphatic carbocycles. The van der Waals surface area contributed by atoms with Gasteiger partial charge in [0, 0.05) is 44.0 Å². The lowest BCUT2D eigenvalue weighted by Crippen LogP contribution is -2.51. The summed E-state index contributed by atoms with van der Waals surface area (Å²) in [5.74, 6) is 1.81. The molecule has 2 heterocycles. The molecule has 2 aromatic rings. The molecule has 0 saturated carbocycles. The molecule has 0 radical (unpaired) electrons. The number of nitrogens with zero attached hydrogens (tertiary/aromatic N) is 4. The van der Waals surface area contributed by atoms with Crippen LogP contribution in [0.1, 0.15) is 50.6 Å². The first-order valence-corrected chi connectivity index (χ1v) is 11.6. The second-order valence-electron chi connectivity index (χ2n) is 8.00. The molecule has 0 amide bonds. The van der Waals surface area contributed by atoms with Crippen LogP contribution in [0.5, 0.6) is 5.75 Å². The molecule has 0 bridgehead atoms. The van der Waals surface area contributed by atoms with Gasteiger partial charge in [0.15, 0.2) is 5.96 Å². The highest BCUT2D eigenvalue weighted by atomic mass is 127. The summed E-state index contributed by atoms with van der Waals surface area (Å²) in [6.45, 7) is 9.91. The van der Waals surface area contributed by atoms with Gasteiger partial charge in [0.25, 0.3) is 0 Å². The number of piperidine rings is 1. The lowest BCUT2D eigenvalue weighted by Gasteiger charge is -2.36. The number of hydrogen-bond acceptors (Lipinski definition) is 4. The number of para-hydroxylation sites is 2. The van der Waals surface area contributed by atoms with E-state index in [1.165, 1.54) is 11.3 Å². The third-order valence-corrected chi connectivity index (χ3v) is 5.96. The van der Waals surface area contributed by atoms with Crippen LogP contribution in [0.3, 0.4) is 0 Å². The van der Waals surface area contributed by atoms with Gasteiger partial charge in [-0.25, -0.2) is 4.99 Å². The first-order chi connectivity index (χ1) is 15.1. The summed E-state index contributed by atoms with van der Waals surface area (Å²) in [6, 6.07) is 8.60. The second kappa shape index (κ2) is 12.9. The topological polar surface area (TPSA) is 66.7 Å². The Morgan fingerprint density at radius 2 is 2.00 bits per heavy atom. The number of aromatic nitrogens is 2. The van der Waals surface area contributed by atoms with E-state index in [4.69, 9.17) is 9.73 Å². The van der Waals surface area contributed by atoms with Crippen LogP contribution in [0.2, 0.25) is 0 Å². The van der Waals surface area contributed by atoms with E-state index < -0.39 is 0 Å². The minimum Gasteiger partial charge on any atom is -0.495 e. The number of guanidine groups is 1. The van der Waals surface area contributed by atoms with Gasteiger partial charge in [-0.2, -0.15) is 5.10 Å². The zero-order valence-electron chi connectivity index (χ0n) is 20.1. The van der Waals surface area contributed by atoms with Crippen molar-refractivity contribution in [3.63, 3.8) is 0 Å². The molecule has 1 atom stereocenters. The molecule has 7 nitrogen and oxygen atoms in total. The minimum atomic E-state index is 0. The Balaban J connectivity index is 0.00000363. The van der Waals surface area contributed by atoms with Crippen molar-refractivity contribution < 1.29 is 4.74 Å². The average molecular weight is 555 g/mol. The normalized spacial score (nSPS) is 16.5. The molecule has 8 heteroatoms. The Hall–Kier alpha value is -1.97. The fourth-order valence-electron chi connectivity index (χ4n) is 4.45. The summed E-state index contributed by atoms with van der Waals surface area (Å²) in [5.41, 5.74) is 4.85. The largest absolute Gasteiger partial charge is 0.495 e. The molecule has 2 N–H and O–H groups in total. The molecule has 1 aliphatic heterocycles. The van der Waals surface area contributed by atoms with Crippen molar-refractivity contribution in [2.24, 2.45) is 12.0 Å². The van der Waals surface area contributed by atoms with Gasteiger partial charge in [0.1, 0.15) is 5.75 Å². The summed E-state index contributed by atoms with van der Waals surface area (Å²) < 4.78 is 7.59. The van der Waals surface area contributed by atoms with Crippen LogP contribution < -0.4 is 20.3 Å². The molecule has 0 spiro atoms. The third-order valence-electron chi connectivity index (χ3n) is 5.96. The Kier molecular flexibility index (Phi) is 10.6. The number of rotatable bonds is 8. The standard InChI is InChI=1S/C24H38N6O.HI/c1-6-20-19(21(7-2)29(4)28-20)16-26-24(25-8-3)27-18-12-11-15-30(17-18)22-13-9-10-14-23(22)31-5;/h9-10,13-14,18H,6-8,11-12,15-17H2,1-5H3,(H2,25,26,27);1H. The molecule has 1 aromatic heterocycles. The Labute approximate surface area is 210 Å². The summed E-state index contributed by atoms with van der Waals surface area (Å²) in [5, 5.41) is 11.8. The van der Waals surface area contributed by atoms with Crippen molar-refractivity contribution in [3.8, 4) is 5.75 Å². The van der Waals surface area contributed by atoms with Gasteiger partial charge in [-0.1, -0.05) is 26.0 Å². The van der Waals surface area contributed by atoms with Gasteiger partial charge >= 0.3 is 0 Å². The molecule has 178 valence electrons. The second-order valence-corrected chi connectivity index (χ2v) is 8.00. The highest BCUT2D eigenvalue weighted by Gasteiger charge is 2.23. The van der Waals surface area contributed by atoms with Gasteiger partial charge in [-0.15, -0.1) is 24.0 Å². The number of aliphatic imine (C=N–C) groups is 1. The number of anilines is 1. The van der Waals surface area contributed by atoms with Crippen molar-refractivity contribution in [1.82, 2.24) is 20.4 Å². The van der Waals surface area contributed by atoms with Gasteiger partial charge in [-0.05, 0) is 44.7 Å². The lowest BCUT2D eigenvalue weighted by atomic mass is 10.0. The number of benzene rings is 1. The molecular formula is C24H39IN6O. The highest BCUT2D eigenvalue weighted by molar-refractivity contribution is 14.0. The first-order valence-electron chi connectivity index (χ1n) is 11.6. The van der Waals surface area contributed by atoms with Crippen molar-refractivity contribution in [2.45, 2.75) is 59.0 Å². The fraction of sp³-hybridized carbons (Fsp3) is 0.583. The molecule has 1 aliphatic rings. The average Bonchev–Trinajstić information content (AvgIpc) is 3.12. The Morgan fingerprint density at radius 3 is 2.69 bits per heavy atom. The first kappa shape index (κ1) is 26.3. The van der Waals surface area contributed by atoms with Crippen LogP contribution in [0.25, 0.3) is 0 Å². The molecule has 32 heavy (non-hydrogen) atoms. The van der Waals surface area contributed by atoms with E-state index in [0.29, 0.717) is 12.6 Å². The monoisotopic (exact) mass is 554 g/mol. The maximum Gasteiger partial charge on any atom is 0.191 e. The van der Waals surface area contributed by atoms with E-state index in [-0.39, 0.29) is 24.0 Å². The molecule has 3 rings (SSSR count). The van der Waals surface area contributed by atoms with E-state index in [9.17, 15) is 0 Å². The van der Waals surface area contributed by atoms with E-state index in [1.807, 2.05) is 23.9 Å². The molecule has 1 saturated heterocycles. The number of ether oxygens (including phenoxy) is 1. The van der Waals surface area contributed by atoms with E-state index in [2.05, 4.69) is 53.5 Å². The van der Waals surface area contributed by atoms with Crippen LogP contribution in [0, 0.1) is 0 Å². The number of hydrogen-bond donors (Lipinski definition) is 2. The van der Waals surface area contributed by atoms with E-state index >= 15 is 0 Å². The van der Waals surface area contributed by atoms with Crippen molar-refractivity contribution in [3.05, 3.63) is 41.2 Å². The molecule has 1 aromatic carbocycles. The van der Waals surface area contributed by atoms with Crippen LogP contribution >= 0.6 is 24.0 Å². The zero-order chi connectivity index (χ0) is 22.2. The molecule has 1 unspecified atom stereocenters. The van der Waals surface area contributed by atoms with Crippen molar-refractivity contribution in [1.29, 1.82) is 0 Å². The molecular weight excluding hydrogens is 515 g/mol. The van der Waals surface area contributed by atoms with Crippen LogP contribution in [0.4, 0.5) is 5.69 Å². The van der Waals surface area contributed by atoms with Crippen molar-refractivity contribution in [2.75, 3.05) is 31.6 Å². The number of methoxy groups -OCH3 is 1. The summed E-state index contributed by atoms with van der Waals surface area (Å²) in [7, 11) is 3.77. The van der Waals surface area contributed by atoms with E-state index in [1.54, 1.807) is 7.11 Å². The predicted octanol–water partition coefficient (Wildman–Crippen LogP) is 3.90. The maximum atomic E-state index is 5.58. The quantitative estimate of drug-likeness (QED) is 0.295. The predicted molar refractivity (Wildman–Crippen MR) is 144 cm³/mol. The number of nitrogens with one attached hydrogen (secondary N) is 2. The maximum absolute atomic E-state index is 5.58. The third kappa shape index (κ3) is 6.30. The van der Waals surface area contributed by atoms with Crippen molar-refractivity contribution >= 4 is 35.6 Å². The van der Waals surface area contributed by atoms with Crippen LogP contribution in [-0.4, -0.2) is 48.5 Å². The summed E-state index contributed by atoms with van der Waals surface area (Å²) in [4.78, 5) is 7.35. The van der Waals surface area contributed by atoms with Gasteiger partial charge < -0.3 is 20.3 Å². The molecule has 1 fully saturated rings. The van der Waals surface area contributed by atoms with E-state index in [0.717, 1.165) is 68.4 Å². The van der Waals surface area contributed by atoms with Gasteiger partial charge in [0.05, 0.1) is 25.0 Å². The van der Waals surface area contributed by atoms with Gasteiger partial charge in [-0.3, -0.25) is 4.68 Å². The Morgan fingerprint density at radius 1 is 1.22 bits per heavy atom. The zero-order valence-corrected chi connectivity index (χ0v) is 22.5. The number of aryl methyl sites for hydroxylation is 2. The SMILES string of the molecule is CCNC(=NCc1c(CC)nn(C)c1CC)NC1CCCN(c2ccccc2OC)C1.I. The minimum absolute atomic E-state index is 0. The lowest BCUT2D eigenvalue weighted by molar-refractivity contribution is 0.408. The smallest absolute Gasteiger partial charge is 0.191 e. The summed E-state index contributed by atoms with van der Waals surface area (Å²) in [6.07, 6.45) is 4.16. The summed E-state index contributed by atoms with van der Waals surface area (Å²) >= 11 is 0. The van der Waals surface area contributed by atoms with Crippen LogP contribution in [0.15, 0.2) is 29.3 Å². The highest BCUT2D eigenvalue weighted by Crippen LogP contribution is 2.29. The Bertz CT molecular complexity index is 881.